The zero-order valence-corrected chi connectivity index (χ0v) is 11.6. The monoisotopic (exact) mass is 242 g/mol. The van der Waals surface area contributed by atoms with Crippen LogP contribution in [0.2, 0.25) is 0 Å². The molecule has 0 aromatic rings. The second-order valence-corrected chi connectivity index (χ2v) is 5.28. The average Bonchev–Trinajstić information content (AvgIpc) is 2.36. The van der Waals surface area contributed by atoms with Gasteiger partial charge in [-0.2, -0.15) is 0 Å². The highest BCUT2D eigenvalue weighted by molar-refractivity contribution is 5.76. The first kappa shape index (κ1) is 14.5. The summed E-state index contributed by atoms with van der Waals surface area (Å²) < 4.78 is 5.16. The molecule has 0 aromatic carbocycles. The van der Waals surface area contributed by atoms with Crippen LogP contribution in [0.15, 0.2) is 0 Å². The molecule has 1 amide bonds. The van der Waals surface area contributed by atoms with Crippen LogP contribution in [0.5, 0.6) is 0 Å². The first-order valence-electron chi connectivity index (χ1n) is 6.50. The Bertz CT molecular complexity index is 248. The zero-order valence-electron chi connectivity index (χ0n) is 11.6. The van der Waals surface area contributed by atoms with Crippen LogP contribution in [0.25, 0.3) is 0 Å². The Morgan fingerprint density at radius 3 is 2.53 bits per heavy atom. The van der Waals surface area contributed by atoms with Crippen molar-refractivity contribution in [3.05, 3.63) is 0 Å². The smallest absolute Gasteiger partial charge is 0.222 e. The molecule has 0 spiro atoms. The lowest BCUT2D eigenvalue weighted by Gasteiger charge is -2.39. The predicted octanol–water partition coefficient (Wildman–Crippen LogP) is 1.40. The molecule has 0 radical (unpaired) electrons. The fourth-order valence-electron chi connectivity index (χ4n) is 2.10. The van der Waals surface area contributed by atoms with Crippen molar-refractivity contribution in [3.8, 4) is 0 Å². The van der Waals surface area contributed by atoms with E-state index in [1.54, 1.807) is 7.11 Å². The lowest BCUT2D eigenvalue weighted by molar-refractivity contribution is -0.133. The highest BCUT2D eigenvalue weighted by Gasteiger charge is 2.30. The lowest BCUT2D eigenvalue weighted by Crippen LogP contribution is -2.51. The van der Waals surface area contributed by atoms with Crippen molar-refractivity contribution < 1.29 is 9.53 Å². The van der Waals surface area contributed by atoms with Gasteiger partial charge in [-0.15, -0.1) is 0 Å². The van der Waals surface area contributed by atoms with E-state index in [1.807, 2.05) is 18.9 Å². The molecule has 1 rings (SSSR count). The van der Waals surface area contributed by atoms with Gasteiger partial charge in [0.2, 0.25) is 5.91 Å². The van der Waals surface area contributed by atoms with E-state index in [0.29, 0.717) is 6.42 Å². The van der Waals surface area contributed by atoms with Crippen molar-refractivity contribution >= 4 is 5.91 Å². The van der Waals surface area contributed by atoms with Gasteiger partial charge in [0.05, 0.1) is 6.10 Å². The molecule has 0 bridgehead atoms. The largest absolute Gasteiger partial charge is 0.382 e. The number of nitrogens with one attached hydrogen (secondary N) is 1. The number of piperidine rings is 1. The van der Waals surface area contributed by atoms with Crippen molar-refractivity contribution in [2.45, 2.75) is 51.2 Å². The SMILES string of the molecule is CNC1(C)CCN(C(=O)CCC(C)OC)CC1. The molecular weight excluding hydrogens is 216 g/mol. The van der Waals surface area contributed by atoms with Crippen molar-refractivity contribution in [2.24, 2.45) is 0 Å². The number of carbonyl (C=O) groups is 1. The summed E-state index contributed by atoms with van der Waals surface area (Å²) in [6, 6.07) is 0. The zero-order chi connectivity index (χ0) is 12.9. The fourth-order valence-corrected chi connectivity index (χ4v) is 2.10. The number of likely N-dealkylation sites (tertiary alicyclic amines) is 1. The molecule has 1 aliphatic heterocycles. The topological polar surface area (TPSA) is 41.6 Å². The van der Waals surface area contributed by atoms with Crippen LogP contribution in [0.4, 0.5) is 0 Å². The highest BCUT2D eigenvalue weighted by atomic mass is 16.5. The number of rotatable bonds is 5. The molecule has 100 valence electrons. The molecule has 4 heteroatoms. The second-order valence-electron chi connectivity index (χ2n) is 5.28. The van der Waals surface area contributed by atoms with Crippen molar-refractivity contribution in [1.29, 1.82) is 0 Å². The fraction of sp³-hybridized carbons (Fsp3) is 0.923. The molecule has 1 aliphatic rings. The van der Waals surface area contributed by atoms with Gasteiger partial charge in [-0.1, -0.05) is 0 Å². The van der Waals surface area contributed by atoms with Gasteiger partial charge >= 0.3 is 0 Å². The molecule has 4 nitrogen and oxygen atoms in total. The van der Waals surface area contributed by atoms with Gasteiger partial charge in [0.15, 0.2) is 0 Å². The van der Waals surface area contributed by atoms with Gasteiger partial charge in [0.25, 0.3) is 0 Å². The summed E-state index contributed by atoms with van der Waals surface area (Å²) in [5.74, 6) is 0.270. The van der Waals surface area contributed by atoms with Crippen LogP contribution < -0.4 is 5.32 Å². The Hall–Kier alpha value is -0.610. The predicted molar refractivity (Wildman–Crippen MR) is 69.0 cm³/mol. The molecule has 1 atom stereocenters. The number of hydrogen-bond donors (Lipinski definition) is 1. The second kappa shape index (κ2) is 6.36. The molecule has 1 N–H and O–H groups in total. The van der Waals surface area contributed by atoms with Crippen LogP contribution >= 0.6 is 0 Å². The van der Waals surface area contributed by atoms with Crippen LogP contribution in [0.1, 0.15) is 39.5 Å². The third-order valence-corrected chi connectivity index (χ3v) is 3.99. The Kier molecular flexibility index (Phi) is 5.40. The molecule has 1 saturated heterocycles. The normalized spacial score (nSPS) is 21.3. The third kappa shape index (κ3) is 4.28. The van der Waals surface area contributed by atoms with Crippen molar-refractivity contribution in [2.75, 3.05) is 27.2 Å². The maximum Gasteiger partial charge on any atom is 0.222 e. The summed E-state index contributed by atoms with van der Waals surface area (Å²) in [7, 11) is 3.69. The minimum absolute atomic E-state index is 0.173. The molecule has 0 saturated carbocycles. The van der Waals surface area contributed by atoms with Crippen LogP contribution in [0, 0.1) is 0 Å². The summed E-state index contributed by atoms with van der Waals surface area (Å²) in [5, 5.41) is 3.34. The summed E-state index contributed by atoms with van der Waals surface area (Å²) >= 11 is 0. The Labute approximate surface area is 105 Å². The Morgan fingerprint density at radius 1 is 1.47 bits per heavy atom. The van der Waals surface area contributed by atoms with Crippen LogP contribution in [-0.2, 0) is 9.53 Å². The molecule has 1 fully saturated rings. The van der Waals surface area contributed by atoms with Crippen LogP contribution in [-0.4, -0.2) is 49.7 Å². The summed E-state index contributed by atoms with van der Waals surface area (Å²) in [5.41, 5.74) is 0.205. The Morgan fingerprint density at radius 2 is 2.06 bits per heavy atom. The number of carbonyl (C=O) groups excluding carboxylic acids is 1. The number of ether oxygens (including phenoxy) is 1. The van der Waals surface area contributed by atoms with Gasteiger partial charge in [-0.3, -0.25) is 4.79 Å². The van der Waals surface area contributed by atoms with E-state index in [-0.39, 0.29) is 17.6 Å². The van der Waals surface area contributed by atoms with E-state index in [9.17, 15) is 4.79 Å². The summed E-state index contributed by atoms with van der Waals surface area (Å²) in [6.07, 6.45) is 3.66. The Balaban J connectivity index is 2.31. The number of hydrogen-bond acceptors (Lipinski definition) is 3. The quantitative estimate of drug-likeness (QED) is 0.792. The third-order valence-electron chi connectivity index (χ3n) is 3.99. The molecule has 0 aliphatic carbocycles. The minimum Gasteiger partial charge on any atom is -0.382 e. The minimum atomic E-state index is 0.173. The molecular formula is C13H26N2O2. The van der Waals surface area contributed by atoms with E-state index in [0.717, 1.165) is 32.4 Å². The summed E-state index contributed by atoms with van der Waals surface area (Å²) in [4.78, 5) is 14.0. The highest BCUT2D eigenvalue weighted by Crippen LogP contribution is 2.21. The van der Waals surface area contributed by atoms with Gasteiger partial charge < -0.3 is 15.0 Å². The lowest BCUT2D eigenvalue weighted by atomic mass is 9.90. The first-order chi connectivity index (χ1) is 8.00. The molecule has 17 heavy (non-hydrogen) atoms. The summed E-state index contributed by atoms with van der Waals surface area (Å²) in [6.45, 7) is 5.97. The van der Waals surface area contributed by atoms with Gasteiger partial charge in [0.1, 0.15) is 0 Å². The molecule has 1 heterocycles. The van der Waals surface area contributed by atoms with E-state index in [1.165, 1.54) is 0 Å². The average molecular weight is 242 g/mol. The number of nitrogens with zero attached hydrogens (tertiary/aromatic N) is 1. The maximum absolute atomic E-state index is 12.0. The van der Waals surface area contributed by atoms with Crippen LogP contribution in [0.3, 0.4) is 0 Å². The van der Waals surface area contributed by atoms with E-state index in [2.05, 4.69) is 12.2 Å². The van der Waals surface area contributed by atoms with E-state index >= 15 is 0 Å². The van der Waals surface area contributed by atoms with Gasteiger partial charge in [0, 0.05) is 32.2 Å². The van der Waals surface area contributed by atoms with Crippen molar-refractivity contribution in [3.63, 3.8) is 0 Å². The van der Waals surface area contributed by atoms with Gasteiger partial charge in [-0.25, -0.2) is 0 Å². The van der Waals surface area contributed by atoms with Crippen molar-refractivity contribution in [1.82, 2.24) is 10.2 Å². The van der Waals surface area contributed by atoms with Gasteiger partial charge in [-0.05, 0) is 40.2 Å². The maximum atomic E-state index is 12.0. The molecule has 1 unspecified atom stereocenters. The standard InChI is InChI=1S/C13H26N2O2/c1-11(17-4)5-6-12(16)15-9-7-13(2,14-3)8-10-15/h11,14H,5-10H2,1-4H3. The number of methoxy groups -OCH3 is 1. The number of amides is 1. The molecule has 0 aromatic heterocycles. The van der Waals surface area contributed by atoms with E-state index in [4.69, 9.17) is 4.74 Å². The van der Waals surface area contributed by atoms with E-state index < -0.39 is 0 Å². The first-order valence-corrected chi connectivity index (χ1v) is 6.50.